The lowest BCUT2D eigenvalue weighted by atomic mass is 10.1. The molecular formula is C13H26N2O2. The molecule has 0 saturated carbocycles. The van der Waals surface area contributed by atoms with Crippen molar-refractivity contribution in [2.24, 2.45) is 5.73 Å². The van der Waals surface area contributed by atoms with E-state index in [9.17, 15) is 4.79 Å². The topological polar surface area (TPSA) is 55.6 Å². The molecule has 17 heavy (non-hydrogen) atoms. The number of carbonyl (C=O) groups is 1. The van der Waals surface area contributed by atoms with Crippen LogP contribution in [0.1, 0.15) is 46.0 Å². The molecule has 0 bridgehead atoms. The highest BCUT2D eigenvalue weighted by atomic mass is 16.5. The van der Waals surface area contributed by atoms with Crippen LogP contribution in [0.5, 0.6) is 0 Å². The predicted octanol–water partition coefficient (Wildman–Crippen LogP) is 1.53. The quantitative estimate of drug-likeness (QED) is 0.736. The molecule has 1 heterocycles. The Hall–Kier alpha value is -0.610. The van der Waals surface area contributed by atoms with Crippen molar-refractivity contribution in [2.75, 3.05) is 19.7 Å². The van der Waals surface area contributed by atoms with Crippen molar-refractivity contribution >= 4 is 5.91 Å². The van der Waals surface area contributed by atoms with Gasteiger partial charge in [0.25, 0.3) is 0 Å². The minimum atomic E-state index is 0.240. The molecule has 2 N–H and O–H groups in total. The third-order valence-corrected chi connectivity index (χ3v) is 3.25. The van der Waals surface area contributed by atoms with Crippen molar-refractivity contribution in [1.82, 2.24) is 4.90 Å². The van der Waals surface area contributed by atoms with Crippen LogP contribution in [0.3, 0.4) is 0 Å². The first-order valence-corrected chi connectivity index (χ1v) is 6.76. The molecule has 1 aliphatic rings. The summed E-state index contributed by atoms with van der Waals surface area (Å²) in [6.07, 6.45) is 4.90. The summed E-state index contributed by atoms with van der Waals surface area (Å²) in [4.78, 5) is 14.0. The summed E-state index contributed by atoms with van der Waals surface area (Å²) in [5.74, 6) is 0.240. The summed E-state index contributed by atoms with van der Waals surface area (Å²) in [6, 6.07) is 0.263. The Bertz CT molecular complexity index is 225. The van der Waals surface area contributed by atoms with Crippen molar-refractivity contribution in [3.05, 3.63) is 0 Å². The lowest BCUT2D eigenvalue weighted by molar-refractivity contribution is -0.133. The Morgan fingerprint density at radius 2 is 2.29 bits per heavy atom. The lowest BCUT2D eigenvalue weighted by Gasteiger charge is -2.27. The third-order valence-electron chi connectivity index (χ3n) is 3.25. The summed E-state index contributed by atoms with van der Waals surface area (Å²) in [5, 5.41) is 0. The Kier molecular flexibility index (Phi) is 6.52. The van der Waals surface area contributed by atoms with Gasteiger partial charge in [0, 0.05) is 25.6 Å². The SMILES string of the molecule is CC(C)N(CCCN)C(=O)CCC1CCCO1. The molecule has 0 aromatic rings. The number of hydrogen-bond acceptors (Lipinski definition) is 3. The lowest BCUT2D eigenvalue weighted by Crippen LogP contribution is -2.38. The average Bonchev–Trinajstić information content (AvgIpc) is 2.79. The normalized spacial score (nSPS) is 19.9. The van der Waals surface area contributed by atoms with Gasteiger partial charge >= 0.3 is 0 Å². The number of amides is 1. The van der Waals surface area contributed by atoms with Gasteiger partial charge in [-0.15, -0.1) is 0 Å². The zero-order valence-corrected chi connectivity index (χ0v) is 11.2. The average molecular weight is 242 g/mol. The highest BCUT2D eigenvalue weighted by Gasteiger charge is 2.20. The Morgan fingerprint density at radius 1 is 1.53 bits per heavy atom. The fraction of sp³-hybridized carbons (Fsp3) is 0.923. The van der Waals surface area contributed by atoms with Gasteiger partial charge in [-0.3, -0.25) is 4.79 Å². The van der Waals surface area contributed by atoms with E-state index in [1.165, 1.54) is 0 Å². The molecule has 0 aromatic heterocycles. The molecule has 100 valence electrons. The van der Waals surface area contributed by atoms with Gasteiger partial charge in [0.05, 0.1) is 6.10 Å². The van der Waals surface area contributed by atoms with Crippen molar-refractivity contribution < 1.29 is 9.53 Å². The van der Waals surface area contributed by atoms with Crippen LogP contribution in [0, 0.1) is 0 Å². The summed E-state index contributed by atoms with van der Waals surface area (Å²) < 4.78 is 5.53. The van der Waals surface area contributed by atoms with Crippen LogP contribution in [0.25, 0.3) is 0 Å². The summed E-state index contributed by atoms with van der Waals surface area (Å²) >= 11 is 0. The maximum atomic E-state index is 12.1. The second-order valence-corrected chi connectivity index (χ2v) is 5.00. The first-order chi connectivity index (χ1) is 8.15. The van der Waals surface area contributed by atoms with Crippen LogP contribution in [-0.2, 0) is 9.53 Å². The molecule has 4 nitrogen and oxygen atoms in total. The van der Waals surface area contributed by atoms with Gasteiger partial charge in [0.15, 0.2) is 0 Å². The van der Waals surface area contributed by atoms with Gasteiger partial charge in [0.2, 0.25) is 5.91 Å². The zero-order chi connectivity index (χ0) is 12.7. The molecule has 1 unspecified atom stereocenters. The smallest absolute Gasteiger partial charge is 0.222 e. The first kappa shape index (κ1) is 14.5. The fourth-order valence-electron chi connectivity index (χ4n) is 2.23. The minimum Gasteiger partial charge on any atom is -0.378 e. The molecule has 1 rings (SSSR count). The Morgan fingerprint density at radius 3 is 2.82 bits per heavy atom. The second-order valence-electron chi connectivity index (χ2n) is 5.00. The molecule has 0 radical (unpaired) electrons. The van der Waals surface area contributed by atoms with Crippen LogP contribution in [0.4, 0.5) is 0 Å². The van der Waals surface area contributed by atoms with Gasteiger partial charge < -0.3 is 15.4 Å². The largest absolute Gasteiger partial charge is 0.378 e. The number of carbonyl (C=O) groups excluding carboxylic acids is 1. The van der Waals surface area contributed by atoms with E-state index in [1.54, 1.807) is 0 Å². The van der Waals surface area contributed by atoms with Crippen LogP contribution in [-0.4, -0.2) is 42.6 Å². The highest BCUT2D eigenvalue weighted by molar-refractivity contribution is 5.76. The fourth-order valence-corrected chi connectivity index (χ4v) is 2.23. The highest BCUT2D eigenvalue weighted by Crippen LogP contribution is 2.17. The van der Waals surface area contributed by atoms with Crippen molar-refractivity contribution in [1.29, 1.82) is 0 Å². The molecule has 0 aromatic carbocycles. The molecule has 4 heteroatoms. The van der Waals surface area contributed by atoms with Crippen LogP contribution < -0.4 is 5.73 Å². The monoisotopic (exact) mass is 242 g/mol. The first-order valence-electron chi connectivity index (χ1n) is 6.76. The van der Waals surface area contributed by atoms with Crippen molar-refractivity contribution in [3.8, 4) is 0 Å². The molecule has 1 saturated heterocycles. The van der Waals surface area contributed by atoms with Crippen LogP contribution in [0.2, 0.25) is 0 Å². The molecule has 0 aliphatic carbocycles. The van der Waals surface area contributed by atoms with Gasteiger partial charge in [0.1, 0.15) is 0 Å². The van der Waals surface area contributed by atoms with Crippen LogP contribution in [0.15, 0.2) is 0 Å². The van der Waals surface area contributed by atoms with Gasteiger partial charge in [-0.25, -0.2) is 0 Å². The molecule has 1 fully saturated rings. The summed E-state index contributed by atoms with van der Waals surface area (Å²) in [7, 11) is 0. The zero-order valence-electron chi connectivity index (χ0n) is 11.2. The second kappa shape index (κ2) is 7.67. The van der Waals surface area contributed by atoms with E-state index in [1.807, 2.05) is 4.90 Å². The molecular weight excluding hydrogens is 216 g/mol. The Balaban J connectivity index is 2.30. The van der Waals surface area contributed by atoms with Gasteiger partial charge in [-0.05, 0) is 46.1 Å². The molecule has 1 amide bonds. The van der Waals surface area contributed by atoms with Crippen LogP contribution >= 0.6 is 0 Å². The van der Waals surface area contributed by atoms with Gasteiger partial charge in [-0.2, -0.15) is 0 Å². The standard InChI is InChI=1S/C13H26N2O2/c1-11(2)15(9-4-8-14)13(16)7-6-12-5-3-10-17-12/h11-12H,3-10,14H2,1-2H3. The van der Waals surface area contributed by atoms with Crippen molar-refractivity contribution in [3.63, 3.8) is 0 Å². The number of hydrogen-bond donors (Lipinski definition) is 1. The molecule has 1 atom stereocenters. The van der Waals surface area contributed by atoms with E-state index in [-0.39, 0.29) is 11.9 Å². The van der Waals surface area contributed by atoms with E-state index in [0.29, 0.717) is 19.1 Å². The maximum Gasteiger partial charge on any atom is 0.222 e. The van der Waals surface area contributed by atoms with E-state index in [4.69, 9.17) is 10.5 Å². The Labute approximate surface area is 104 Å². The number of rotatable bonds is 7. The number of nitrogens with zero attached hydrogens (tertiary/aromatic N) is 1. The third kappa shape index (κ3) is 5.04. The molecule has 1 aliphatic heterocycles. The van der Waals surface area contributed by atoms with E-state index in [0.717, 1.165) is 38.8 Å². The molecule has 0 spiro atoms. The summed E-state index contributed by atoms with van der Waals surface area (Å²) in [5.41, 5.74) is 5.49. The minimum absolute atomic E-state index is 0.240. The van der Waals surface area contributed by atoms with E-state index >= 15 is 0 Å². The summed E-state index contributed by atoms with van der Waals surface area (Å²) in [6.45, 7) is 6.39. The van der Waals surface area contributed by atoms with E-state index < -0.39 is 0 Å². The van der Waals surface area contributed by atoms with Gasteiger partial charge in [-0.1, -0.05) is 0 Å². The predicted molar refractivity (Wildman–Crippen MR) is 68.7 cm³/mol. The number of nitrogens with two attached hydrogens (primary N) is 1. The number of ether oxygens (including phenoxy) is 1. The maximum absolute atomic E-state index is 12.1. The van der Waals surface area contributed by atoms with Crippen molar-refractivity contribution in [2.45, 2.75) is 58.1 Å². The van der Waals surface area contributed by atoms with E-state index in [2.05, 4.69) is 13.8 Å².